The molecule has 1 unspecified atom stereocenters. The fourth-order valence-corrected chi connectivity index (χ4v) is 4.38. The number of para-hydroxylation sites is 1. The Kier molecular flexibility index (Phi) is 5.96. The molecular formula is C25H25ClN4O. The van der Waals surface area contributed by atoms with Gasteiger partial charge in [-0.05, 0) is 35.4 Å². The normalized spacial score (nSPS) is 15.8. The summed E-state index contributed by atoms with van der Waals surface area (Å²) >= 11 is 0. The summed E-state index contributed by atoms with van der Waals surface area (Å²) in [4.78, 5) is 25.3. The van der Waals surface area contributed by atoms with Crippen LogP contribution in [0.25, 0.3) is 10.8 Å². The van der Waals surface area contributed by atoms with Gasteiger partial charge in [0.25, 0.3) is 5.91 Å². The van der Waals surface area contributed by atoms with Gasteiger partial charge >= 0.3 is 0 Å². The van der Waals surface area contributed by atoms with Crippen LogP contribution >= 0.6 is 12.4 Å². The van der Waals surface area contributed by atoms with E-state index < -0.39 is 0 Å². The van der Waals surface area contributed by atoms with Crippen molar-refractivity contribution in [3.8, 4) is 0 Å². The van der Waals surface area contributed by atoms with E-state index in [0.29, 0.717) is 13.1 Å². The number of hydrogen-bond donors (Lipinski definition) is 1. The molecule has 0 radical (unpaired) electrons. The summed E-state index contributed by atoms with van der Waals surface area (Å²) in [5.41, 5.74) is 4.16. The lowest BCUT2D eigenvalue weighted by atomic mass is 10.0. The minimum atomic E-state index is 0. The molecule has 1 aliphatic heterocycles. The molecule has 0 aliphatic carbocycles. The summed E-state index contributed by atoms with van der Waals surface area (Å²) in [5.74, 6) is 0.0804. The first-order valence-electron chi connectivity index (χ1n) is 10.3. The summed E-state index contributed by atoms with van der Waals surface area (Å²) in [7, 11) is 0. The standard InChI is InChI=1S/C25H24N4O.ClH/c1-18-14-28(25(30)23-11-6-9-19-7-2-4-10-22(19)23)15-20-8-3-5-12-24(20)29(18)16-21-13-26-17-27-21;/h2-13,17-18H,14-16H2,1H3,(H,26,27);1H. The van der Waals surface area contributed by atoms with Crippen molar-refractivity contribution in [2.24, 2.45) is 0 Å². The molecule has 6 heteroatoms. The molecule has 0 saturated carbocycles. The zero-order chi connectivity index (χ0) is 20.5. The molecule has 31 heavy (non-hydrogen) atoms. The number of aromatic nitrogens is 2. The van der Waals surface area contributed by atoms with E-state index >= 15 is 0 Å². The van der Waals surface area contributed by atoms with Gasteiger partial charge in [0.2, 0.25) is 0 Å². The number of nitrogens with one attached hydrogen (secondary N) is 1. The van der Waals surface area contributed by atoms with E-state index in [2.05, 4.69) is 52.1 Å². The first kappa shape index (κ1) is 20.9. The Labute approximate surface area is 188 Å². The number of aromatic amines is 1. The van der Waals surface area contributed by atoms with Crippen molar-refractivity contribution in [1.29, 1.82) is 0 Å². The number of nitrogens with zero attached hydrogens (tertiary/aromatic N) is 3. The molecule has 1 amide bonds. The maximum absolute atomic E-state index is 13.6. The monoisotopic (exact) mass is 432 g/mol. The van der Waals surface area contributed by atoms with Crippen molar-refractivity contribution >= 4 is 34.8 Å². The molecule has 1 atom stereocenters. The third-order valence-corrected chi connectivity index (χ3v) is 5.88. The summed E-state index contributed by atoms with van der Waals surface area (Å²) in [5, 5.41) is 2.09. The third-order valence-electron chi connectivity index (χ3n) is 5.88. The number of carbonyl (C=O) groups is 1. The molecule has 2 heterocycles. The summed E-state index contributed by atoms with van der Waals surface area (Å²) in [6.45, 7) is 4.17. The van der Waals surface area contributed by atoms with Gasteiger partial charge in [-0.2, -0.15) is 0 Å². The van der Waals surface area contributed by atoms with Crippen molar-refractivity contribution in [3.63, 3.8) is 0 Å². The Morgan fingerprint density at radius 3 is 2.68 bits per heavy atom. The number of fused-ring (bicyclic) bond motifs is 2. The SMILES string of the molecule is CC1CN(C(=O)c2cccc3ccccc23)Cc2ccccc2N1Cc1cnc[nH]1.Cl. The van der Waals surface area contributed by atoms with E-state index in [-0.39, 0.29) is 24.4 Å². The highest BCUT2D eigenvalue weighted by Crippen LogP contribution is 2.30. The molecule has 3 aromatic carbocycles. The Bertz CT molecular complexity index is 1190. The van der Waals surface area contributed by atoms with Crippen LogP contribution in [0.15, 0.2) is 79.3 Å². The smallest absolute Gasteiger partial charge is 0.254 e. The zero-order valence-corrected chi connectivity index (χ0v) is 18.2. The average molecular weight is 433 g/mol. The first-order valence-corrected chi connectivity index (χ1v) is 10.3. The highest BCUT2D eigenvalue weighted by atomic mass is 35.5. The minimum Gasteiger partial charge on any atom is -0.361 e. The minimum absolute atomic E-state index is 0. The van der Waals surface area contributed by atoms with E-state index in [4.69, 9.17) is 0 Å². The van der Waals surface area contributed by atoms with Gasteiger partial charge in [-0.15, -0.1) is 12.4 Å². The predicted octanol–water partition coefficient (Wildman–Crippen LogP) is 5.04. The molecular weight excluding hydrogens is 408 g/mol. The maximum atomic E-state index is 13.6. The number of H-pyrrole nitrogens is 1. The molecule has 0 spiro atoms. The zero-order valence-electron chi connectivity index (χ0n) is 17.4. The third kappa shape index (κ3) is 4.01. The van der Waals surface area contributed by atoms with Crippen LogP contribution in [0.1, 0.15) is 28.5 Å². The highest BCUT2D eigenvalue weighted by Gasteiger charge is 2.29. The van der Waals surface area contributed by atoms with Gasteiger partial charge < -0.3 is 14.8 Å². The van der Waals surface area contributed by atoms with Crippen LogP contribution in [-0.2, 0) is 13.1 Å². The van der Waals surface area contributed by atoms with Crippen molar-refractivity contribution in [2.45, 2.75) is 26.1 Å². The number of hydrogen-bond acceptors (Lipinski definition) is 3. The fourth-order valence-electron chi connectivity index (χ4n) is 4.38. The summed E-state index contributed by atoms with van der Waals surface area (Å²) in [6.07, 6.45) is 3.57. The van der Waals surface area contributed by atoms with Gasteiger partial charge in [0.1, 0.15) is 0 Å². The molecule has 5 nitrogen and oxygen atoms in total. The second-order valence-corrected chi connectivity index (χ2v) is 7.89. The predicted molar refractivity (Wildman–Crippen MR) is 127 cm³/mol. The topological polar surface area (TPSA) is 52.2 Å². The van der Waals surface area contributed by atoms with Crippen LogP contribution in [0.4, 0.5) is 5.69 Å². The van der Waals surface area contributed by atoms with E-state index in [1.165, 1.54) is 5.69 Å². The second kappa shape index (κ2) is 8.82. The van der Waals surface area contributed by atoms with E-state index in [0.717, 1.165) is 34.1 Å². The van der Waals surface area contributed by atoms with Gasteiger partial charge in [0.15, 0.2) is 0 Å². The average Bonchev–Trinajstić information content (AvgIpc) is 3.25. The molecule has 1 aliphatic rings. The number of rotatable bonds is 3. The molecule has 1 aromatic heterocycles. The molecule has 5 rings (SSSR count). The molecule has 0 fully saturated rings. The van der Waals surface area contributed by atoms with Gasteiger partial charge in [-0.25, -0.2) is 4.98 Å². The summed E-state index contributed by atoms with van der Waals surface area (Å²) in [6, 6.07) is 22.6. The van der Waals surface area contributed by atoms with Crippen molar-refractivity contribution in [2.75, 3.05) is 11.4 Å². The first-order chi connectivity index (χ1) is 14.7. The quantitative estimate of drug-likeness (QED) is 0.493. The van der Waals surface area contributed by atoms with Gasteiger partial charge in [-0.1, -0.05) is 54.6 Å². The van der Waals surface area contributed by atoms with Gasteiger partial charge in [0.05, 0.1) is 18.6 Å². The van der Waals surface area contributed by atoms with Crippen molar-refractivity contribution < 1.29 is 4.79 Å². The number of amides is 1. The highest BCUT2D eigenvalue weighted by molar-refractivity contribution is 6.07. The number of halogens is 1. The number of imidazole rings is 1. The Hall–Kier alpha value is -3.31. The van der Waals surface area contributed by atoms with Crippen LogP contribution in [0, 0.1) is 0 Å². The van der Waals surface area contributed by atoms with Crippen LogP contribution in [0.5, 0.6) is 0 Å². The molecule has 0 saturated heterocycles. The second-order valence-electron chi connectivity index (χ2n) is 7.89. The maximum Gasteiger partial charge on any atom is 0.254 e. The largest absolute Gasteiger partial charge is 0.361 e. The Balaban J connectivity index is 0.00000231. The number of anilines is 1. The Morgan fingerprint density at radius 2 is 1.84 bits per heavy atom. The van der Waals surface area contributed by atoms with Crippen LogP contribution in [-0.4, -0.2) is 33.4 Å². The molecule has 0 bridgehead atoms. The van der Waals surface area contributed by atoms with E-state index in [1.54, 1.807) is 6.33 Å². The number of carbonyl (C=O) groups excluding carboxylic acids is 1. The van der Waals surface area contributed by atoms with Gasteiger partial charge in [-0.3, -0.25) is 4.79 Å². The van der Waals surface area contributed by atoms with E-state index in [1.807, 2.05) is 47.5 Å². The van der Waals surface area contributed by atoms with Crippen LogP contribution in [0.2, 0.25) is 0 Å². The van der Waals surface area contributed by atoms with Crippen molar-refractivity contribution in [3.05, 3.63) is 96.1 Å². The Morgan fingerprint density at radius 1 is 1.06 bits per heavy atom. The number of benzene rings is 3. The molecule has 158 valence electrons. The van der Waals surface area contributed by atoms with Crippen LogP contribution < -0.4 is 4.90 Å². The lowest BCUT2D eigenvalue weighted by Crippen LogP contribution is -2.41. The molecule has 1 N–H and O–H groups in total. The van der Waals surface area contributed by atoms with Gasteiger partial charge in [0, 0.05) is 36.6 Å². The fraction of sp³-hybridized carbons (Fsp3) is 0.200. The lowest BCUT2D eigenvalue weighted by Gasteiger charge is -2.31. The molecule has 4 aromatic rings. The van der Waals surface area contributed by atoms with E-state index in [9.17, 15) is 4.79 Å². The lowest BCUT2D eigenvalue weighted by molar-refractivity contribution is 0.0741. The van der Waals surface area contributed by atoms with Crippen LogP contribution in [0.3, 0.4) is 0 Å². The summed E-state index contributed by atoms with van der Waals surface area (Å²) < 4.78 is 0. The van der Waals surface area contributed by atoms with Crippen molar-refractivity contribution in [1.82, 2.24) is 14.9 Å².